The van der Waals surface area contributed by atoms with Crippen LogP contribution in [0.5, 0.6) is 0 Å². The molecule has 22 heavy (non-hydrogen) atoms. The number of carbonyl (C=O) groups is 2. The highest BCUT2D eigenvalue weighted by Crippen LogP contribution is 2.26. The Bertz CT molecular complexity index is 547. The predicted molar refractivity (Wildman–Crippen MR) is 88.4 cm³/mol. The molecule has 0 aliphatic heterocycles. The standard InChI is InChI=1S/C16H14O4S2/c17-15(19-11-13-7-3-1-4-8-13)21-22-16(18)20-12-14-9-5-2-6-10-14/h1-10H,11-12H2. The SMILES string of the molecule is O=C(OCc1ccccc1)SSC(=O)OCc1ccccc1. The second-order valence-corrected chi connectivity index (χ2v) is 6.22. The van der Waals surface area contributed by atoms with E-state index >= 15 is 0 Å². The number of ether oxygens (including phenoxy) is 2. The van der Waals surface area contributed by atoms with E-state index in [1.54, 1.807) is 0 Å². The van der Waals surface area contributed by atoms with Crippen LogP contribution in [0.1, 0.15) is 11.1 Å². The van der Waals surface area contributed by atoms with Gasteiger partial charge in [0, 0.05) is 21.6 Å². The summed E-state index contributed by atoms with van der Waals surface area (Å²) in [4.78, 5) is 23.0. The molecule has 0 N–H and O–H groups in total. The lowest BCUT2D eigenvalue weighted by molar-refractivity contribution is 0.167. The Morgan fingerprint density at radius 3 is 1.41 bits per heavy atom. The lowest BCUT2D eigenvalue weighted by Crippen LogP contribution is -2.00. The Morgan fingerprint density at radius 2 is 1.05 bits per heavy atom. The van der Waals surface area contributed by atoms with Gasteiger partial charge in [-0.15, -0.1) is 0 Å². The van der Waals surface area contributed by atoms with Crippen molar-refractivity contribution >= 4 is 32.2 Å². The van der Waals surface area contributed by atoms with Crippen LogP contribution in [0.2, 0.25) is 0 Å². The van der Waals surface area contributed by atoms with Gasteiger partial charge in [-0.25, -0.2) is 9.59 Å². The molecule has 2 aromatic carbocycles. The number of hydrogen-bond acceptors (Lipinski definition) is 6. The molecule has 0 fully saturated rings. The highest BCUT2D eigenvalue weighted by Gasteiger charge is 2.11. The van der Waals surface area contributed by atoms with E-state index in [9.17, 15) is 9.59 Å². The van der Waals surface area contributed by atoms with E-state index in [1.165, 1.54) is 0 Å². The molecule has 2 rings (SSSR count). The normalized spacial score (nSPS) is 10.0. The van der Waals surface area contributed by atoms with Gasteiger partial charge in [0.25, 0.3) is 0 Å². The average molecular weight is 334 g/mol. The Hall–Kier alpha value is -1.92. The van der Waals surface area contributed by atoms with Gasteiger partial charge in [0.05, 0.1) is 0 Å². The Labute approximate surface area is 136 Å². The minimum atomic E-state index is -0.523. The topological polar surface area (TPSA) is 52.6 Å². The summed E-state index contributed by atoms with van der Waals surface area (Å²) >= 11 is 0. The van der Waals surface area contributed by atoms with Crippen molar-refractivity contribution in [2.75, 3.05) is 0 Å². The molecule has 114 valence electrons. The van der Waals surface area contributed by atoms with Crippen molar-refractivity contribution in [3.63, 3.8) is 0 Å². The van der Waals surface area contributed by atoms with Crippen LogP contribution in [0.15, 0.2) is 60.7 Å². The summed E-state index contributed by atoms with van der Waals surface area (Å²) in [6.07, 6.45) is 0. The summed E-state index contributed by atoms with van der Waals surface area (Å²) in [5.41, 5.74) is 1.79. The Balaban J connectivity index is 1.62. The number of carbonyl (C=O) groups excluding carboxylic acids is 2. The molecule has 0 aliphatic rings. The molecule has 0 amide bonds. The van der Waals surface area contributed by atoms with Gasteiger partial charge in [-0.1, -0.05) is 60.7 Å². The smallest absolute Gasteiger partial charge is 0.378 e. The summed E-state index contributed by atoms with van der Waals surface area (Å²) < 4.78 is 10.1. The fourth-order valence-corrected chi connectivity index (χ4v) is 2.60. The molecule has 0 unspecified atom stereocenters. The van der Waals surface area contributed by atoms with Crippen LogP contribution in [0.3, 0.4) is 0 Å². The molecule has 0 heterocycles. The zero-order valence-electron chi connectivity index (χ0n) is 11.6. The maximum absolute atomic E-state index is 11.5. The van der Waals surface area contributed by atoms with Crippen LogP contribution in [-0.2, 0) is 22.7 Å². The van der Waals surface area contributed by atoms with Crippen molar-refractivity contribution in [2.45, 2.75) is 13.2 Å². The molecule has 0 spiro atoms. The first kappa shape index (κ1) is 16.5. The van der Waals surface area contributed by atoms with E-state index in [4.69, 9.17) is 9.47 Å². The van der Waals surface area contributed by atoms with E-state index in [2.05, 4.69) is 0 Å². The highest BCUT2D eigenvalue weighted by atomic mass is 33.1. The monoisotopic (exact) mass is 334 g/mol. The summed E-state index contributed by atoms with van der Waals surface area (Å²) in [5.74, 6) is 0. The van der Waals surface area contributed by atoms with Gasteiger partial charge in [0.1, 0.15) is 13.2 Å². The van der Waals surface area contributed by atoms with Crippen molar-refractivity contribution in [2.24, 2.45) is 0 Å². The molecule has 0 bridgehead atoms. The van der Waals surface area contributed by atoms with Crippen molar-refractivity contribution in [3.05, 3.63) is 71.8 Å². The van der Waals surface area contributed by atoms with Crippen molar-refractivity contribution < 1.29 is 19.1 Å². The van der Waals surface area contributed by atoms with Gasteiger partial charge in [0.2, 0.25) is 0 Å². The lowest BCUT2D eigenvalue weighted by atomic mass is 10.2. The molecule has 0 atom stereocenters. The molecule has 4 nitrogen and oxygen atoms in total. The molecule has 0 saturated heterocycles. The molecular weight excluding hydrogens is 320 g/mol. The third kappa shape index (κ3) is 6.24. The summed E-state index contributed by atoms with van der Waals surface area (Å²) in [7, 11) is 1.44. The van der Waals surface area contributed by atoms with Crippen molar-refractivity contribution in [1.29, 1.82) is 0 Å². The number of rotatable bonds is 4. The second-order valence-electron chi connectivity index (χ2n) is 4.22. The number of benzene rings is 2. The summed E-state index contributed by atoms with van der Waals surface area (Å²) in [5, 5.41) is -1.05. The maximum Gasteiger partial charge on any atom is 0.378 e. The van der Waals surface area contributed by atoms with Gasteiger partial charge in [0.15, 0.2) is 0 Å². The van der Waals surface area contributed by atoms with E-state index < -0.39 is 10.6 Å². The lowest BCUT2D eigenvalue weighted by Gasteiger charge is -2.05. The van der Waals surface area contributed by atoms with Crippen LogP contribution in [0.4, 0.5) is 9.59 Å². The third-order valence-corrected chi connectivity index (χ3v) is 4.23. The van der Waals surface area contributed by atoms with E-state index in [1.807, 2.05) is 60.7 Å². The van der Waals surface area contributed by atoms with Crippen LogP contribution in [0, 0.1) is 0 Å². The summed E-state index contributed by atoms with van der Waals surface area (Å²) in [6.45, 7) is 0.374. The molecule has 0 aromatic heterocycles. The fourth-order valence-electron chi connectivity index (χ4n) is 1.55. The molecular formula is C16H14O4S2. The number of hydrogen-bond donors (Lipinski definition) is 0. The quantitative estimate of drug-likeness (QED) is 0.576. The molecule has 0 saturated carbocycles. The minimum absolute atomic E-state index is 0.187. The zero-order chi connectivity index (χ0) is 15.6. The largest absolute Gasteiger partial charge is 0.452 e. The first-order chi connectivity index (χ1) is 10.7. The second kappa shape index (κ2) is 9.17. The molecule has 6 heteroatoms. The van der Waals surface area contributed by atoms with E-state index in [-0.39, 0.29) is 13.2 Å². The van der Waals surface area contributed by atoms with Crippen LogP contribution >= 0.6 is 21.6 Å². The zero-order valence-corrected chi connectivity index (χ0v) is 13.3. The van der Waals surface area contributed by atoms with Crippen LogP contribution in [0.25, 0.3) is 0 Å². The van der Waals surface area contributed by atoms with Gasteiger partial charge >= 0.3 is 10.6 Å². The maximum atomic E-state index is 11.5. The minimum Gasteiger partial charge on any atom is -0.452 e. The predicted octanol–water partition coefficient (Wildman–Crippen LogP) is 5.04. The van der Waals surface area contributed by atoms with Gasteiger partial charge in [-0.2, -0.15) is 0 Å². The Kier molecular flexibility index (Phi) is 6.86. The first-order valence-corrected chi connectivity index (χ1v) is 8.65. The molecule has 2 aromatic rings. The molecule has 0 aliphatic carbocycles. The van der Waals surface area contributed by atoms with Crippen molar-refractivity contribution in [1.82, 2.24) is 0 Å². The van der Waals surface area contributed by atoms with Crippen molar-refractivity contribution in [3.8, 4) is 0 Å². The van der Waals surface area contributed by atoms with Crippen LogP contribution in [-0.4, -0.2) is 10.6 Å². The van der Waals surface area contributed by atoms with Crippen LogP contribution < -0.4 is 0 Å². The highest BCUT2D eigenvalue weighted by molar-refractivity contribution is 8.86. The fraction of sp³-hybridized carbons (Fsp3) is 0.125. The van der Waals surface area contributed by atoms with Gasteiger partial charge in [-0.05, 0) is 11.1 Å². The third-order valence-electron chi connectivity index (χ3n) is 2.58. The van der Waals surface area contributed by atoms with E-state index in [0.717, 1.165) is 32.7 Å². The molecule has 0 radical (unpaired) electrons. The van der Waals surface area contributed by atoms with E-state index in [0.29, 0.717) is 0 Å². The average Bonchev–Trinajstić information content (AvgIpc) is 2.58. The first-order valence-electron chi connectivity index (χ1n) is 6.50. The summed E-state index contributed by atoms with van der Waals surface area (Å²) in [6, 6.07) is 18.7. The van der Waals surface area contributed by atoms with Gasteiger partial charge in [-0.3, -0.25) is 0 Å². The Morgan fingerprint density at radius 1 is 0.682 bits per heavy atom. The van der Waals surface area contributed by atoms with Gasteiger partial charge < -0.3 is 9.47 Å².